The van der Waals surface area contributed by atoms with Crippen LogP contribution in [0.15, 0.2) is 33.9 Å². The fraction of sp³-hybridized carbons (Fsp3) is 0.429. The van der Waals surface area contributed by atoms with Gasteiger partial charge in [-0.3, -0.25) is 4.79 Å². The van der Waals surface area contributed by atoms with Gasteiger partial charge in [-0.25, -0.2) is 0 Å². The molecule has 1 amide bonds. The summed E-state index contributed by atoms with van der Waals surface area (Å²) in [5.74, 6) is -0.0944. The lowest BCUT2D eigenvalue weighted by molar-refractivity contribution is -0.131. The molecule has 0 aromatic heterocycles. The Morgan fingerprint density at radius 3 is 3.11 bits per heavy atom. The van der Waals surface area contributed by atoms with Crippen LogP contribution in [0, 0.1) is 0 Å². The molecule has 0 aliphatic carbocycles. The normalized spacial score (nSPS) is 19.5. The first kappa shape index (κ1) is 14.1. The van der Waals surface area contributed by atoms with Crippen molar-refractivity contribution >= 4 is 27.5 Å². The summed E-state index contributed by atoms with van der Waals surface area (Å²) in [6.45, 7) is 4.01. The number of nitrogens with zero attached hydrogens (tertiary/aromatic N) is 1. The van der Waals surface area contributed by atoms with Crippen LogP contribution in [0.3, 0.4) is 0 Å². The van der Waals surface area contributed by atoms with Crippen LogP contribution < -0.4 is 5.32 Å². The van der Waals surface area contributed by atoms with E-state index in [-0.39, 0.29) is 11.9 Å². The molecule has 0 fully saturated rings. The second-order valence-corrected chi connectivity index (χ2v) is 5.58. The molecule has 4 nitrogen and oxygen atoms in total. The van der Waals surface area contributed by atoms with E-state index in [4.69, 9.17) is 4.84 Å². The van der Waals surface area contributed by atoms with Gasteiger partial charge in [-0.2, -0.15) is 0 Å². The van der Waals surface area contributed by atoms with Gasteiger partial charge in [0, 0.05) is 22.5 Å². The fourth-order valence-electron chi connectivity index (χ4n) is 1.79. The Bertz CT molecular complexity index is 502. The molecule has 2 atom stereocenters. The van der Waals surface area contributed by atoms with E-state index in [9.17, 15) is 4.79 Å². The second kappa shape index (κ2) is 6.19. The first-order valence-corrected chi connectivity index (χ1v) is 7.18. The average molecular weight is 325 g/mol. The predicted octanol–water partition coefficient (Wildman–Crippen LogP) is 2.86. The van der Waals surface area contributed by atoms with Crippen LogP contribution in [-0.2, 0) is 9.63 Å². The Morgan fingerprint density at radius 2 is 2.42 bits per heavy atom. The zero-order chi connectivity index (χ0) is 13.8. The average Bonchev–Trinajstić information content (AvgIpc) is 2.88. The highest BCUT2D eigenvalue weighted by atomic mass is 79.9. The van der Waals surface area contributed by atoms with Crippen LogP contribution in [0.4, 0.5) is 0 Å². The van der Waals surface area contributed by atoms with Crippen LogP contribution in [-0.4, -0.2) is 23.8 Å². The lowest BCUT2D eigenvalue weighted by Crippen LogP contribution is -2.39. The van der Waals surface area contributed by atoms with Crippen molar-refractivity contribution in [2.75, 3.05) is 0 Å². The summed E-state index contributed by atoms with van der Waals surface area (Å²) in [4.78, 5) is 17.2. The monoisotopic (exact) mass is 324 g/mol. The molecule has 19 heavy (non-hydrogen) atoms. The lowest BCUT2D eigenvalue weighted by Gasteiger charge is -2.14. The second-order valence-electron chi connectivity index (χ2n) is 4.66. The Balaban J connectivity index is 1.97. The van der Waals surface area contributed by atoms with Crippen LogP contribution in [0.2, 0.25) is 0 Å². The minimum atomic E-state index is -0.511. The largest absolute Gasteiger partial charge is 0.382 e. The molecular formula is C14H17BrN2O2. The molecule has 2 rings (SSSR count). The zero-order valence-electron chi connectivity index (χ0n) is 11.0. The van der Waals surface area contributed by atoms with E-state index in [2.05, 4.69) is 26.4 Å². The number of oxime groups is 1. The highest BCUT2D eigenvalue weighted by Crippen LogP contribution is 2.19. The van der Waals surface area contributed by atoms with Gasteiger partial charge in [0.2, 0.25) is 6.10 Å². The van der Waals surface area contributed by atoms with Crippen molar-refractivity contribution in [1.82, 2.24) is 5.32 Å². The Kier molecular flexibility index (Phi) is 4.58. The summed E-state index contributed by atoms with van der Waals surface area (Å²) >= 11 is 3.42. The van der Waals surface area contributed by atoms with Crippen molar-refractivity contribution in [1.29, 1.82) is 0 Å². The molecule has 0 radical (unpaired) electrons. The molecular weight excluding hydrogens is 308 g/mol. The molecule has 1 aromatic rings. The SMILES string of the molecule is CC[C@@H](C)NC(=O)[C@H]1CC(c2cccc(Br)c2)=NO1. The van der Waals surface area contributed by atoms with Gasteiger partial charge in [0.1, 0.15) is 0 Å². The van der Waals surface area contributed by atoms with E-state index in [1.165, 1.54) is 0 Å². The minimum absolute atomic E-state index is 0.0944. The summed E-state index contributed by atoms with van der Waals surface area (Å²) in [5, 5.41) is 6.93. The van der Waals surface area contributed by atoms with E-state index in [1.54, 1.807) is 0 Å². The third-order valence-corrected chi connectivity index (χ3v) is 3.61. The van der Waals surface area contributed by atoms with E-state index in [0.29, 0.717) is 6.42 Å². The first-order valence-electron chi connectivity index (χ1n) is 6.39. The van der Waals surface area contributed by atoms with E-state index >= 15 is 0 Å². The van der Waals surface area contributed by atoms with Crippen LogP contribution in [0.25, 0.3) is 0 Å². The number of amides is 1. The number of carbonyl (C=O) groups is 1. The van der Waals surface area contributed by atoms with Crippen molar-refractivity contribution in [3.05, 3.63) is 34.3 Å². The third kappa shape index (κ3) is 3.56. The maximum atomic E-state index is 11.9. The molecule has 1 aliphatic rings. The zero-order valence-corrected chi connectivity index (χ0v) is 12.6. The molecule has 1 aliphatic heterocycles. The number of hydrogen-bond donors (Lipinski definition) is 1. The van der Waals surface area contributed by atoms with Gasteiger partial charge < -0.3 is 10.2 Å². The van der Waals surface area contributed by atoms with Gasteiger partial charge >= 0.3 is 0 Å². The van der Waals surface area contributed by atoms with Gasteiger partial charge in [0.15, 0.2) is 0 Å². The Hall–Kier alpha value is -1.36. The molecule has 1 aromatic carbocycles. The van der Waals surface area contributed by atoms with Gasteiger partial charge in [0.25, 0.3) is 5.91 Å². The summed E-state index contributed by atoms with van der Waals surface area (Å²) in [7, 11) is 0. The predicted molar refractivity (Wildman–Crippen MR) is 78.1 cm³/mol. The molecule has 0 spiro atoms. The van der Waals surface area contributed by atoms with Gasteiger partial charge in [-0.1, -0.05) is 40.1 Å². The van der Waals surface area contributed by atoms with E-state index in [1.807, 2.05) is 38.1 Å². The number of benzene rings is 1. The van der Waals surface area contributed by atoms with Gasteiger partial charge in [0.05, 0.1) is 5.71 Å². The number of carbonyl (C=O) groups excluding carboxylic acids is 1. The van der Waals surface area contributed by atoms with Crippen LogP contribution in [0.1, 0.15) is 32.3 Å². The summed E-state index contributed by atoms with van der Waals surface area (Å²) in [5.41, 5.74) is 1.79. The topological polar surface area (TPSA) is 50.7 Å². The number of nitrogens with one attached hydrogen (secondary N) is 1. The standard InChI is InChI=1S/C14H17BrN2O2/c1-3-9(2)16-14(18)13-8-12(17-19-13)10-5-4-6-11(15)7-10/h4-7,9,13H,3,8H2,1-2H3,(H,16,18)/t9-,13-/m1/s1. The number of hydrogen-bond acceptors (Lipinski definition) is 3. The lowest BCUT2D eigenvalue weighted by atomic mass is 10.0. The smallest absolute Gasteiger partial charge is 0.264 e. The quantitative estimate of drug-likeness (QED) is 0.925. The highest BCUT2D eigenvalue weighted by Gasteiger charge is 2.29. The third-order valence-electron chi connectivity index (χ3n) is 3.12. The Morgan fingerprint density at radius 1 is 1.63 bits per heavy atom. The van der Waals surface area contributed by atoms with Crippen molar-refractivity contribution in [2.24, 2.45) is 5.16 Å². The minimum Gasteiger partial charge on any atom is -0.382 e. The molecule has 102 valence electrons. The summed E-state index contributed by atoms with van der Waals surface area (Å²) < 4.78 is 0.986. The first-order chi connectivity index (χ1) is 9.10. The summed E-state index contributed by atoms with van der Waals surface area (Å²) in [6, 6.07) is 7.98. The molecule has 0 saturated heterocycles. The van der Waals surface area contributed by atoms with Crippen molar-refractivity contribution < 1.29 is 9.63 Å². The van der Waals surface area contributed by atoms with Crippen LogP contribution in [0.5, 0.6) is 0 Å². The maximum absolute atomic E-state index is 11.9. The van der Waals surface area contributed by atoms with Gasteiger partial charge in [-0.05, 0) is 25.5 Å². The van der Waals surface area contributed by atoms with Crippen LogP contribution >= 0.6 is 15.9 Å². The molecule has 0 unspecified atom stereocenters. The molecule has 1 heterocycles. The molecule has 5 heteroatoms. The van der Waals surface area contributed by atoms with E-state index in [0.717, 1.165) is 22.2 Å². The molecule has 1 N–H and O–H groups in total. The number of rotatable bonds is 4. The van der Waals surface area contributed by atoms with Crippen molar-refractivity contribution in [3.8, 4) is 0 Å². The molecule has 0 saturated carbocycles. The van der Waals surface area contributed by atoms with Crippen molar-refractivity contribution in [2.45, 2.75) is 38.8 Å². The van der Waals surface area contributed by atoms with E-state index < -0.39 is 6.10 Å². The number of halogens is 1. The Labute approximate surface area is 121 Å². The highest BCUT2D eigenvalue weighted by molar-refractivity contribution is 9.10. The fourth-order valence-corrected chi connectivity index (χ4v) is 2.19. The summed E-state index contributed by atoms with van der Waals surface area (Å²) in [6.07, 6.45) is 0.902. The van der Waals surface area contributed by atoms with Crippen molar-refractivity contribution in [3.63, 3.8) is 0 Å². The molecule has 0 bridgehead atoms. The van der Waals surface area contributed by atoms with Gasteiger partial charge in [-0.15, -0.1) is 0 Å². The maximum Gasteiger partial charge on any atom is 0.264 e.